The van der Waals surface area contributed by atoms with E-state index in [1.165, 1.54) is 0 Å². The number of likely N-dealkylation sites (tertiary alicyclic amines) is 1. The van der Waals surface area contributed by atoms with Gasteiger partial charge in [0.15, 0.2) is 11.6 Å². The lowest BCUT2D eigenvalue weighted by atomic mass is 9.80. The van der Waals surface area contributed by atoms with E-state index in [2.05, 4.69) is 11.9 Å². The van der Waals surface area contributed by atoms with Crippen LogP contribution in [0.4, 0.5) is 4.39 Å². The van der Waals surface area contributed by atoms with E-state index >= 15 is 0 Å². The van der Waals surface area contributed by atoms with Gasteiger partial charge < -0.3 is 20.7 Å². The predicted molar refractivity (Wildman–Crippen MR) is 141 cm³/mol. The van der Waals surface area contributed by atoms with Crippen molar-refractivity contribution in [2.75, 3.05) is 19.8 Å². The summed E-state index contributed by atoms with van der Waals surface area (Å²) in [4.78, 5) is 53.8. The van der Waals surface area contributed by atoms with Crippen molar-refractivity contribution in [3.63, 3.8) is 0 Å². The van der Waals surface area contributed by atoms with Gasteiger partial charge in [-0.2, -0.15) is 0 Å². The zero-order chi connectivity index (χ0) is 27.5. The number of nitrogens with one attached hydrogen (secondary N) is 1. The summed E-state index contributed by atoms with van der Waals surface area (Å²) in [6, 6.07) is 8.72. The van der Waals surface area contributed by atoms with Crippen molar-refractivity contribution in [1.82, 2.24) is 10.2 Å². The molecule has 2 aliphatic rings. The molecule has 8 nitrogen and oxygen atoms in total. The quantitative estimate of drug-likeness (QED) is 0.263. The first-order valence-corrected chi connectivity index (χ1v) is 13.6. The molecule has 1 aromatic rings. The molecule has 38 heavy (non-hydrogen) atoms. The van der Waals surface area contributed by atoms with Crippen LogP contribution in [0.25, 0.3) is 0 Å². The molecule has 1 saturated heterocycles. The van der Waals surface area contributed by atoms with Crippen LogP contribution < -0.4 is 11.1 Å². The Balaban J connectivity index is 1.63. The third-order valence-electron chi connectivity index (χ3n) is 7.74. The number of esters is 1. The molecule has 1 saturated carbocycles. The summed E-state index contributed by atoms with van der Waals surface area (Å²) in [5.74, 6) is -1.87. The van der Waals surface area contributed by atoms with Crippen molar-refractivity contribution in [2.24, 2.45) is 17.1 Å². The summed E-state index contributed by atoms with van der Waals surface area (Å²) in [5, 5.41) is 2.86. The molecule has 1 amide bonds. The van der Waals surface area contributed by atoms with E-state index < -0.39 is 35.8 Å². The first-order chi connectivity index (χ1) is 18.3. The number of rotatable bonds is 15. The van der Waals surface area contributed by atoms with E-state index in [0.717, 1.165) is 18.4 Å². The Labute approximate surface area is 224 Å². The molecule has 0 bridgehead atoms. The maximum Gasteiger partial charge on any atom is 0.307 e. The fourth-order valence-electron chi connectivity index (χ4n) is 5.69. The number of nitrogens with zero attached hydrogens (tertiary/aromatic N) is 1. The Morgan fingerprint density at radius 1 is 1.16 bits per heavy atom. The SMILES string of the molecule is C=C(N)NCCC[C@H](CC(=O)[C@@H]1CCCN1C(=O)C1(CC(=O)OCc2ccccc2)CCCC1)C(=O)CF. The lowest BCUT2D eigenvalue weighted by Gasteiger charge is -2.34. The highest BCUT2D eigenvalue weighted by Crippen LogP contribution is 2.44. The molecule has 0 aromatic heterocycles. The van der Waals surface area contributed by atoms with Crippen LogP contribution in [0.2, 0.25) is 0 Å². The normalized spacial score (nSPS) is 19.1. The summed E-state index contributed by atoms with van der Waals surface area (Å²) >= 11 is 0. The number of hydrogen-bond donors (Lipinski definition) is 2. The van der Waals surface area contributed by atoms with Crippen LogP contribution in [0, 0.1) is 11.3 Å². The number of Topliss-reactive ketones (excluding diaryl/α,β-unsaturated/α-hetero) is 2. The highest BCUT2D eigenvalue weighted by molar-refractivity contribution is 5.95. The first kappa shape index (κ1) is 29.3. The smallest absolute Gasteiger partial charge is 0.307 e. The zero-order valence-corrected chi connectivity index (χ0v) is 22.1. The Kier molecular flexibility index (Phi) is 10.9. The number of alkyl halides is 1. The van der Waals surface area contributed by atoms with Crippen molar-refractivity contribution in [3.05, 3.63) is 48.3 Å². The molecular formula is C29H40FN3O5. The molecule has 2 fully saturated rings. The van der Waals surface area contributed by atoms with Gasteiger partial charge in [0.05, 0.1) is 23.7 Å². The fourth-order valence-corrected chi connectivity index (χ4v) is 5.69. The molecule has 1 heterocycles. The minimum atomic E-state index is -1.13. The molecule has 3 rings (SSSR count). The average molecular weight is 530 g/mol. The molecule has 0 unspecified atom stereocenters. The van der Waals surface area contributed by atoms with Gasteiger partial charge in [0, 0.05) is 25.4 Å². The molecule has 0 spiro atoms. The number of halogens is 1. The largest absolute Gasteiger partial charge is 0.461 e. The van der Waals surface area contributed by atoms with Crippen molar-refractivity contribution in [1.29, 1.82) is 0 Å². The first-order valence-electron chi connectivity index (χ1n) is 13.6. The number of ether oxygens (including phenoxy) is 1. The number of carbonyl (C=O) groups excluding carboxylic acids is 4. The van der Waals surface area contributed by atoms with E-state index in [1.807, 2.05) is 30.3 Å². The standard InChI is InChI=1S/C29H40FN3O5/c1-21(31)32-15-7-11-23(26(35)19-30)17-25(34)24-12-8-16-33(24)28(37)29(13-5-6-14-29)18-27(36)38-20-22-9-3-2-4-10-22/h2-4,9-10,23-24,32H,1,5-8,11-20,31H2/t23-,24+/m1/s1. The van der Waals surface area contributed by atoms with E-state index in [-0.39, 0.29) is 31.1 Å². The lowest BCUT2D eigenvalue weighted by Crippen LogP contribution is -2.49. The van der Waals surface area contributed by atoms with Gasteiger partial charge in [-0.05, 0) is 44.1 Å². The van der Waals surface area contributed by atoms with Crippen LogP contribution in [0.5, 0.6) is 0 Å². The van der Waals surface area contributed by atoms with E-state index in [4.69, 9.17) is 10.5 Å². The van der Waals surface area contributed by atoms with Crippen LogP contribution >= 0.6 is 0 Å². The predicted octanol–water partition coefficient (Wildman–Crippen LogP) is 3.59. The van der Waals surface area contributed by atoms with Crippen LogP contribution in [-0.4, -0.2) is 54.1 Å². The monoisotopic (exact) mass is 529 g/mol. The highest BCUT2D eigenvalue weighted by Gasteiger charge is 2.48. The Bertz CT molecular complexity index is 993. The summed E-state index contributed by atoms with van der Waals surface area (Å²) in [6.45, 7) is 3.47. The number of carbonyl (C=O) groups is 4. The van der Waals surface area contributed by atoms with Gasteiger partial charge in [-0.15, -0.1) is 0 Å². The topological polar surface area (TPSA) is 119 Å². The number of benzene rings is 1. The molecule has 0 radical (unpaired) electrons. The fraction of sp³-hybridized carbons (Fsp3) is 0.586. The van der Waals surface area contributed by atoms with Crippen molar-refractivity contribution in [3.8, 4) is 0 Å². The van der Waals surface area contributed by atoms with Crippen molar-refractivity contribution < 1.29 is 28.3 Å². The third-order valence-corrected chi connectivity index (χ3v) is 7.74. The van der Waals surface area contributed by atoms with Crippen LogP contribution in [0.3, 0.4) is 0 Å². The molecule has 2 atom stereocenters. The van der Waals surface area contributed by atoms with Gasteiger partial charge >= 0.3 is 5.97 Å². The molecule has 1 aromatic carbocycles. The second kappa shape index (κ2) is 14.1. The minimum absolute atomic E-state index is 0.0154. The van der Waals surface area contributed by atoms with Gasteiger partial charge in [-0.3, -0.25) is 19.2 Å². The van der Waals surface area contributed by atoms with Crippen LogP contribution in [-0.2, 0) is 30.5 Å². The summed E-state index contributed by atoms with van der Waals surface area (Å²) in [6.07, 6.45) is 4.74. The number of hydrogen-bond acceptors (Lipinski definition) is 7. The van der Waals surface area contributed by atoms with Gasteiger partial charge in [-0.1, -0.05) is 49.8 Å². The Morgan fingerprint density at radius 2 is 1.87 bits per heavy atom. The molecule has 9 heteroatoms. The minimum Gasteiger partial charge on any atom is -0.461 e. The summed E-state index contributed by atoms with van der Waals surface area (Å²) < 4.78 is 18.7. The van der Waals surface area contributed by atoms with Gasteiger partial charge in [0.2, 0.25) is 5.91 Å². The maximum absolute atomic E-state index is 13.9. The van der Waals surface area contributed by atoms with Crippen LogP contribution in [0.15, 0.2) is 42.7 Å². The molecule has 208 valence electrons. The van der Waals surface area contributed by atoms with Gasteiger partial charge in [0.25, 0.3) is 0 Å². The van der Waals surface area contributed by atoms with E-state index in [1.54, 1.807) is 4.90 Å². The molecule has 3 N–H and O–H groups in total. The second-order valence-electron chi connectivity index (χ2n) is 10.5. The maximum atomic E-state index is 13.9. The van der Waals surface area contributed by atoms with Gasteiger partial charge in [-0.25, -0.2) is 4.39 Å². The molecular weight excluding hydrogens is 489 g/mol. The van der Waals surface area contributed by atoms with E-state index in [0.29, 0.717) is 57.4 Å². The zero-order valence-electron chi connectivity index (χ0n) is 22.1. The van der Waals surface area contributed by atoms with Gasteiger partial charge in [0.1, 0.15) is 13.3 Å². The lowest BCUT2D eigenvalue weighted by molar-refractivity contribution is -0.156. The number of amides is 1. The molecule has 1 aliphatic carbocycles. The highest BCUT2D eigenvalue weighted by atomic mass is 19.1. The second-order valence-corrected chi connectivity index (χ2v) is 10.5. The third kappa shape index (κ3) is 7.88. The molecule has 1 aliphatic heterocycles. The Hall–Kier alpha value is -3.23. The number of ketones is 2. The van der Waals surface area contributed by atoms with E-state index in [9.17, 15) is 23.6 Å². The number of nitrogens with two attached hydrogens (primary N) is 1. The Morgan fingerprint density at radius 3 is 2.53 bits per heavy atom. The van der Waals surface area contributed by atoms with Crippen molar-refractivity contribution >= 4 is 23.4 Å². The average Bonchev–Trinajstić information content (AvgIpc) is 3.59. The summed E-state index contributed by atoms with van der Waals surface area (Å²) in [7, 11) is 0. The van der Waals surface area contributed by atoms with Crippen LogP contribution in [0.1, 0.15) is 69.8 Å². The van der Waals surface area contributed by atoms with Crippen molar-refractivity contribution in [2.45, 2.75) is 76.9 Å². The summed E-state index contributed by atoms with van der Waals surface area (Å²) in [5.41, 5.74) is 5.49.